The lowest BCUT2D eigenvalue weighted by molar-refractivity contribution is -0.143. The first-order valence-corrected chi connectivity index (χ1v) is 9.22. The number of carbonyl (C=O) groups excluding carboxylic acids is 2. The van der Waals surface area contributed by atoms with Gasteiger partial charge in [-0.25, -0.2) is 9.59 Å². The molecule has 2 amide bonds. The highest BCUT2D eigenvalue weighted by molar-refractivity contribution is 9.10. The third-order valence-corrected chi connectivity index (χ3v) is 4.64. The molecule has 6 nitrogen and oxygen atoms in total. The van der Waals surface area contributed by atoms with Crippen molar-refractivity contribution in [1.29, 1.82) is 0 Å². The minimum Gasteiger partial charge on any atom is -0.507 e. The smallest absolute Gasteiger partial charge is 0.338 e. The largest absolute Gasteiger partial charge is 0.507 e. The van der Waals surface area contributed by atoms with Crippen molar-refractivity contribution in [2.45, 2.75) is 26.0 Å². The summed E-state index contributed by atoms with van der Waals surface area (Å²) < 4.78 is 5.90. The normalized spacial score (nSPS) is 16.7. The minimum absolute atomic E-state index is 0.0672. The van der Waals surface area contributed by atoms with Crippen molar-refractivity contribution >= 4 is 33.6 Å². The summed E-state index contributed by atoms with van der Waals surface area (Å²) in [5.74, 6) is -0.455. The third-order valence-electron chi connectivity index (χ3n) is 4.00. The third kappa shape index (κ3) is 4.14. The van der Waals surface area contributed by atoms with Crippen LogP contribution in [0.1, 0.15) is 31.0 Å². The molecule has 2 aromatic carbocycles. The Morgan fingerprint density at radius 1 is 1.19 bits per heavy atom. The maximum Gasteiger partial charge on any atom is 0.338 e. The Balaban J connectivity index is 2.18. The van der Waals surface area contributed by atoms with Crippen LogP contribution >= 0.6 is 15.9 Å². The molecule has 0 saturated carbocycles. The van der Waals surface area contributed by atoms with E-state index in [1.807, 2.05) is 30.3 Å². The summed E-state index contributed by atoms with van der Waals surface area (Å²) in [4.78, 5) is 25.2. The van der Waals surface area contributed by atoms with Crippen LogP contribution in [0.25, 0.3) is 5.70 Å². The summed E-state index contributed by atoms with van der Waals surface area (Å²) in [5, 5.41) is 15.3. The van der Waals surface area contributed by atoms with Crippen molar-refractivity contribution in [3.63, 3.8) is 0 Å². The summed E-state index contributed by atoms with van der Waals surface area (Å²) in [5.41, 5.74) is 2.04. The topological polar surface area (TPSA) is 87.7 Å². The number of hydrogen-bond donors (Lipinski definition) is 3. The van der Waals surface area contributed by atoms with Crippen LogP contribution < -0.4 is 10.6 Å². The van der Waals surface area contributed by atoms with Crippen molar-refractivity contribution in [1.82, 2.24) is 10.6 Å². The Morgan fingerprint density at radius 2 is 1.89 bits per heavy atom. The highest BCUT2D eigenvalue weighted by atomic mass is 79.9. The van der Waals surface area contributed by atoms with Crippen LogP contribution in [0.4, 0.5) is 4.79 Å². The Bertz CT molecular complexity index is 909. The van der Waals surface area contributed by atoms with Crippen LogP contribution in [0.3, 0.4) is 0 Å². The molecule has 3 N–H and O–H groups in total. The van der Waals surface area contributed by atoms with Crippen molar-refractivity contribution in [3.8, 4) is 5.75 Å². The fourth-order valence-electron chi connectivity index (χ4n) is 2.85. The Kier molecular flexibility index (Phi) is 5.51. The SMILES string of the molecule is CC(C)OC(=O)C1=C(c2ccccc2)NC(=O)NC1c1ccc(O)c(Br)c1. The highest BCUT2D eigenvalue weighted by Crippen LogP contribution is 2.35. The molecule has 1 atom stereocenters. The minimum atomic E-state index is -0.725. The van der Waals surface area contributed by atoms with Crippen LogP contribution in [0.2, 0.25) is 0 Å². The molecule has 0 aromatic heterocycles. The fourth-order valence-corrected chi connectivity index (χ4v) is 3.24. The Morgan fingerprint density at radius 3 is 2.52 bits per heavy atom. The number of hydrogen-bond acceptors (Lipinski definition) is 4. The number of urea groups is 1. The van der Waals surface area contributed by atoms with Gasteiger partial charge in [-0.1, -0.05) is 36.4 Å². The number of halogens is 1. The fraction of sp³-hybridized carbons (Fsp3) is 0.200. The van der Waals surface area contributed by atoms with E-state index in [1.54, 1.807) is 26.0 Å². The van der Waals surface area contributed by atoms with Crippen LogP contribution in [0, 0.1) is 0 Å². The number of ether oxygens (including phenoxy) is 1. The second kappa shape index (κ2) is 7.84. The number of amides is 2. The van der Waals surface area contributed by atoms with E-state index in [2.05, 4.69) is 26.6 Å². The predicted octanol–water partition coefficient (Wildman–Crippen LogP) is 3.87. The summed E-state index contributed by atoms with van der Waals surface area (Å²) in [7, 11) is 0. The first-order chi connectivity index (χ1) is 12.9. The lowest BCUT2D eigenvalue weighted by Gasteiger charge is -2.30. The molecule has 1 unspecified atom stereocenters. The number of carbonyl (C=O) groups is 2. The standard InChI is InChI=1S/C20H19BrN2O4/c1-11(2)27-19(25)16-17(12-6-4-3-5-7-12)22-20(26)23-18(16)13-8-9-15(24)14(21)10-13/h3-11,18,24H,1-2H3,(H2,22,23,26). The van der Waals surface area contributed by atoms with Gasteiger partial charge in [-0.2, -0.15) is 0 Å². The molecule has 1 aliphatic rings. The number of benzene rings is 2. The van der Waals surface area contributed by atoms with Gasteiger partial charge in [-0.15, -0.1) is 0 Å². The average molecular weight is 431 g/mol. The van der Waals surface area contributed by atoms with Crippen LogP contribution in [-0.4, -0.2) is 23.2 Å². The first-order valence-electron chi connectivity index (χ1n) is 8.43. The molecule has 0 saturated heterocycles. The van der Waals surface area contributed by atoms with Crippen molar-refractivity contribution < 1.29 is 19.4 Å². The molecular weight excluding hydrogens is 412 g/mol. The number of rotatable bonds is 4. The van der Waals surface area contributed by atoms with Crippen LogP contribution in [0.5, 0.6) is 5.75 Å². The van der Waals surface area contributed by atoms with E-state index >= 15 is 0 Å². The number of phenols is 1. The summed E-state index contributed by atoms with van der Waals surface area (Å²) in [6.07, 6.45) is -0.313. The van der Waals surface area contributed by atoms with E-state index in [1.165, 1.54) is 6.07 Å². The second-order valence-corrected chi connectivity index (χ2v) is 7.21. The van der Waals surface area contributed by atoms with Gasteiger partial charge in [-0.05, 0) is 53.0 Å². The number of nitrogens with one attached hydrogen (secondary N) is 2. The average Bonchev–Trinajstić information content (AvgIpc) is 2.63. The quantitative estimate of drug-likeness (QED) is 0.642. The van der Waals surface area contributed by atoms with Gasteiger partial charge in [-0.3, -0.25) is 0 Å². The van der Waals surface area contributed by atoms with Gasteiger partial charge in [0.05, 0.1) is 27.9 Å². The molecule has 0 aliphatic carbocycles. The molecule has 3 rings (SSSR count). The highest BCUT2D eigenvalue weighted by Gasteiger charge is 2.35. The number of aromatic hydroxyl groups is 1. The lowest BCUT2D eigenvalue weighted by atomic mass is 9.92. The lowest BCUT2D eigenvalue weighted by Crippen LogP contribution is -2.45. The van der Waals surface area contributed by atoms with Gasteiger partial charge < -0.3 is 20.5 Å². The van der Waals surface area contributed by atoms with Gasteiger partial charge in [0.2, 0.25) is 0 Å². The van der Waals surface area contributed by atoms with E-state index in [0.29, 0.717) is 26.9 Å². The zero-order chi connectivity index (χ0) is 19.6. The molecule has 140 valence electrons. The first kappa shape index (κ1) is 19.0. The Labute approximate surface area is 165 Å². The molecule has 1 heterocycles. The van der Waals surface area contributed by atoms with Gasteiger partial charge in [0.25, 0.3) is 0 Å². The van der Waals surface area contributed by atoms with Crippen LogP contribution in [-0.2, 0) is 9.53 Å². The van der Waals surface area contributed by atoms with Gasteiger partial charge in [0, 0.05) is 0 Å². The molecule has 1 aliphatic heterocycles. The summed E-state index contributed by atoms with van der Waals surface area (Å²) >= 11 is 3.27. The molecule has 0 bridgehead atoms. The van der Waals surface area contributed by atoms with Gasteiger partial charge in [0.15, 0.2) is 0 Å². The van der Waals surface area contributed by atoms with Crippen LogP contribution in [0.15, 0.2) is 58.6 Å². The maximum atomic E-state index is 12.9. The van der Waals surface area contributed by atoms with Gasteiger partial charge in [0.1, 0.15) is 5.75 Å². The summed E-state index contributed by atoms with van der Waals surface area (Å²) in [6, 6.07) is 12.8. The molecule has 27 heavy (non-hydrogen) atoms. The zero-order valence-electron chi connectivity index (χ0n) is 14.8. The monoisotopic (exact) mass is 430 g/mol. The van der Waals surface area contributed by atoms with E-state index in [4.69, 9.17) is 4.74 Å². The zero-order valence-corrected chi connectivity index (χ0v) is 16.4. The van der Waals surface area contributed by atoms with E-state index in [9.17, 15) is 14.7 Å². The van der Waals surface area contributed by atoms with Crippen molar-refractivity contribution in [2.24, 2.45) is 0 Å². The molecule has 0 spiro atoms. The van der Waals surface area contributed by atoms with Crippen molar-refractivity contribution in [3.05, 3.63) is 69.7 Å². The molecule has 7 heteroatoms. The number of phenolic OH excluding ortho intramolecular Hbond substituents is 1. The second-order valence-electron chi connectivity index (χ2n) is 6.35. The predicted molar refractivity (Wildman–Crippen MR) is 105 cm³/mol. The molecule has 2 aromatic rings. The summed E-state index contributed by atoms with van der Waals surface area (Å²) in [6.45, 7) is 3.53. The molecule has 0 fully saturated rings. The van der Waals surface area contributed by atoms with E-state index < -0.39 is 18.0 Å². The van der Waals surface area contributed by atoms with E-state index in [0.717, 1.165) is 0 Å². The Hall–Kier alpha value is -2.80. The van der Waals surface area contributed by atoms with Gasteiger partial charge >= 0.3 is 12.0 Å². The number of esters is 1. The maximum absolute atomic E-state index is 12.9. The van der Waals surface area contributed by atoms with E-state index in [-0.39, 0.29) is 11.9 Å². The van der Waals surface area contributed by atoms with Crippen molar-refractivity contribution in [2.75, 3.05) is 0 Å². The molecular formula is C20H19BrN2O4. The molecule has 0 radical (unpaired) electrons.